The van der Waals surface area contributed by atoms with Gasteiger partial charge in [-0.05, 0) is 35.6 Å². The summed E-state index contributed by atoms with van der Waals surface area (Å²) >= 11 is 1.38. The lowest BCUT2D eigenvalue weighted by molar-refractivity contribution is -1.91. The lowest BCUT2D eigenvalue weighted by atomic mass is 10.1. The average Bonchev–Trinajstić information content (AvgIpc) is 2.70. The molecule has 0 amide bonds. The first-order chi connectivity index (χ1) is 8.89. The smallest absolute Gasteiger partial charge is 0.182 e. The van der Waals surface area contributed by atoms with Crippen molar-refractivity contribution in [2.45, 2.75) is 6.92 Å². The summed E-state index contributed by atoms with van der Waals surface area (Å²) in [5.74, 6) is 0. The Kier molecular flexibility index (Phi) is 5.02. The van der Waals surface area contributed by atoms with Crippen LogP contribution in [0.5, 0.6) is 0 Å². The molecular formula is C11H11ClO4S3. The summed E-state index contributed by atoms with van der Waals surface area (Å²) in [5.41, 5.74) is 2.14. The van der Waals surface area contributed by atoms with Gasteiger partial charge in [-0.3, -0.25) is 0 Å². The number of halogens is 1. The second-order valence-electron chi connectivity index (χ2n) is 3.66. The van der Waals surface area contributed by atoms with Crippen molar-refractivity contribution in [2.24, 2.45) is 0 Å². The summed E-state index contributed by atoms with van der Waals surface area (Å²) in [6, 6.07) is 7.88. The highest BCUT2D eigenvalue weighted by Gasteiger charge is 2.30. The maximum atomic E-state index is 10.7. The molecule has 1 atom stereocenters. The van der Waals surface area contributed by atoms with Gasteiger partial charge in [-0.15, -0.1) is 11.8 Å². The Balaban J connectivity index is 2.19. The van der Waals surface area contributed by atoms with E-state index >= 15 is 0 Å². The third-order valence-electron chi connectivity index (χ3n) is 2.25. The number of hydrogen-bond acceptors (Lipinski definition) is 6. The van der Waals surface area contributed by atoms with E-state index in [1.807, 2.05) is 43.5 Å². The van der Waals surface area contributed by atoms with E-state index in [1.165, 1.54) is 22.6 Å². The fourth-order valence-corrected chi connectivity index (χ4v) is 7.35. The lowest BCUT2D eigenvalue weighted by Gasteiger charge is -2.12. The molecule has 2 rings (SSSR count). The van der Waals surface area contributed by atoms with E-state index in [0.29, 0.717) is 0 Å². The van der Waals surface area contributed by atoms with Gasteiger partial charge < -0.3 is 0 Å². The summed E-state index contributed by atoms with van der Waals surface area (Å²) in [5, 5.41) is 0. The topological polar surface area (TPSA) is 78.4 Å². The van der Waals surface area contributed by atoms with Gasteiger partial charge in [-0.1, -0.05) is 29.8 Å². The van der Waals surface area contributed by atoms with Crippen molar-refractivity contribution in [3.8, 4) is 0 Å². The van der Waals surface area contributed by atoms with Crippen LogP contribution in [0.25, 0.3) is 4.91 Å². The van der Waals surface area contributed by atoms with E-state index in [2.05, 4.69) is 3.74 Å². The quantitative estimate of drug-likeness (QED) is 0.593. The van der Waals surface area contributed by atoms with E-state index in [9.17, 15) is 14.0 Å². The largest absolute Gasteiger partial charge is 0.186 e. The summed E-state index contributed by atoms with van der Waals surface area (Å²) in [4.78, 5) is 0.909. The second-order valence-corrected chi connectivity index (χ2v) is 8.95. The van der Waals surface area contributed by atoms with E-state index in [-0.39, 0.29) is 0 Å². The van der Waals surface area contributed by atoms with Crippen LogP contribution in [0.4, 0.5) is 0 Å². The van der Waals surface area contributed by atoms with Crippen molar-refractivity contribution in [3.05, 3.63) is 41.5 Å². The van der Waals surface area contributed by atoms with Crippen LogP contribution in [0, 0.1) is 17.2 Å². The molecule has 8 heteroatoms. The maximum Gasteiger partial charge on any atom is 0.186 e. The predicted molar refractivity (Wildman–Crippen MR) is 73.9 cm³/mol. The molecule has 1 aliphatic heterocycles. The molecule has 1 unspecified atom stereocenters. The zero-order valence-corrected chi connectivity index (χ0v) is 13.3. The summed E-state index contributed by atoms with van der Waals surface area (Å²) in [6.45, 7) is 2.00. The highest BCUT2D eigenvalue weighted by molar-refractivity contribution is 8.87. The van der Waals surface area contributed by atoms with Gasteiger partial charge in [-0.2, -0.15) is 14.0 Å². The average molecular weight is 339 g/mol. The van der Waals surface area contributed by atoms with Crippen LogP contribution in [0.3, 0.4) is 0 Å². The van der Waals surface area contributed by atoms with Gasteiger partial charge in [-0.25, -0.2) is 0 Å². The molecule has 0 radical (unpaired) electrons. The molecule has 0 aromatic heterocycles. The number of thioether (sulfide) groups is 1. The molecule has 0 N–H and O–H groups in total. The third kappa shape index (κ3) is 4.24. The van der Waals surface area contributed by atoms with Crippen LogP contribution in [0.15, 0.2) is 30.3 Å². The third-order valence-corrected chi connectivity index (χ3v) is 8.24. The van der Waals surface area contributed by atoms with Crippen molar-refractivity contribution in [2.75, 3.05) is 6.26 Å². The van der Waals surface area contributed by atoms with Gasteiger partial charge in [0.25, 0.3) is 0 Å². The summed E-state index contributed by atoms with van der Waals surface area (Å²) < 4.78 is 37.3. The van der Waals surface area contributed by atoms with Crippen LogP contribution in [0.2, 0.25) is 0 Å². The lowest BCUT2D eigenvalue weighted by Crippen LogP contribution is -2.60. The molecule has 0 bridgehead atoms. The highest BCUT2D eigenvalue weighted by Crippen LogP contribution is 2.51. The first-order valence-corrected chi connectivity index (χ1v) is 10.1. The Hall–Kier alpha value is 0.01000. The molecule has 19 heavy (non-hydrogen) atoms. The van der Waals surface area contributed by atoms with E-state index < -0.39 is 20.0 Å². The van der Waals surface area contributed by atoms with Gasteiger partial charge in [0, 0.05) is 4.91 Å². The molecule has 1 aromatic carbocycles. The summed E-state index contributed by atoms with van der Waals surface area (Å²) in [7, 11) is -4.24. The summed E-state index contributed by atoms with van der Waals surface area (Å²) in [6.07, 6.45) is 3.69. The van der Waals surface area contributed by atoms with Gasteiger partial charge in [0.05, 0.1) is 14.4 Å². The van der Waals surface area contributed by atoms with Gasteiger partial charge in [0.15, 0.2) is 9.80 Å². The Bertz CT molecular complexity index is 534. The highest BCUT2D eigenvalue weighted by atomic mass is 35.7. The molecule has 0 fully saturated rings. The van der Waals surface area contributed by atoms with Crippen LogP contribution in [-0.4, -0.2) is 10.5 Å². The molecule has 1 heterocycles. The molecular weight excluding hydrogens is 328 g/mol. The fourth-order valence-electron chi connectivity index (χ4n) is 1.39. The van der Waals surface area contributed by atoms with Crippen LogP contribution >= 0.6 is 32.4 Å². The Morgan fingerprint density at radius 1 is 1.21 bits per heavy atom. The molecule has 0 aliphatic carbocycles. The minimum atomic E-state index is -4.41. The molecule has 1 aliphatic rings. The zero-order chi connectivity index (χ0) is 14.0. The molecule has 1 aromatic rings. The fraction of sp³-hybridized carbons (Fsp3) is 0.182. The van der Waals surface area contributed by atoms with Crippen molar-refractivity contribution in [1.82, 2.24) is 0 Å². The van der Waals surface area contributed by atoms with Gasteiger partial charge in [0.2, 0.25) is 0 Å². The molecule has 0 spiro atoms. The number of benzene rings is 1. The first-order valence-electron chi connectivity index (χ1n) is 5.12. The minimum Gasteiger partial charge on any atom is -0.182 e. The standard InChI is InChI=1S/C11H11ClO4S3/c1-8-3-5-9(6-4-8)10-7-11(17-2)19(18-10)16-12(13,14)15/h3-7H,1-2H3. The van der Waals surface area contributed by atoms with Gasteiger partial charge >= 0.3 is 0 Å². The second kappa shape index (κ2) is 6.19. The Labute approximate surface area is 124 Å². The molecule has 4 nitrogen and oxygen atoms in total. The Morgan fingerprint density at radius 3 is 2.37 bits per heavy atom. The van der Waals surface area contributed by atoms with Crippen LogP contribution in [-0.2, 0) is 3.74 Å². The molecule has 104 valence electrons. The van der Waals surface area contributed by atoms with E-state index in [4.69, 9.17) is 0 Å². The predicted octanol–water partition coefficient (Wildman–Crippen LogP) is 0.588. The van der Waals surface area contributed by atoms with Crippen molar-refractivity contribution in [1.29, 1.82) is 0 Å². The minimum absolute atomic E-state index is 0.743. The van der Waals surface area contributed by atoms with E-state index in [1.54, 1.807) is 0 Å². The molecule has 0 saturated carbocycles. The maximum absolute atomic E-state index is 10.7. The monoisotopic (exact) mass is 338 g/mol. The van der Waals surface area contributed by atoms with Crippen molar-refractivity contribution >= 4 is 41.5 Å². The normalized spacial score (nSPS) is 19.7. The SMILES string of the molecule is CSC1=S(O[Cl+3]([O-])([O-])[O-])SC(c2ccc(C)cc2)=C1. The van der Waals surface area contributed by atoms with E-state index in [0.717, 1.165) is 20.2 Å². The first kappa shape index (κ1) is 15.4. The van der Waals surface area contributed by atoms with Gasteiger partial charge in [0.1, 0.15) is 3.74 Å². The Morgan fingerprint density at radius 2 is 1.84 bits per heavy atom. The number of rotatable bonds is 3. The number of hydrogen-bond donors (Lipinski definition) is 0. The van der Waals surface area contributed by atoms with Crippen molar-refractivity contribution in [3.63, 3.8) is 0 Å². The molecule has 0 saturated heterocycles. The van der Waals surface area contributed by atoms with Crippen LogP contribution < -0.4 is 14.0 Å². The van der Waals surface area contributed by atoms with Crippen LogP contribution in [0.1, 0.15) is 11.1 Å². The van der Waals surface area contributed by atoms with Crippen molar-refractivity contribution < 1.29 is 28.0 Å². The number of aryl methyl sites for hydroxylation is 1. The zero-order valence-electron chi connectivity index (χ0n) is 10.1.